The second kappa shape index (κ2) is 8.31. The average Bonchev–Trinajstić information content (AvgIpc) is 2.93. The molecule has 108 valence electrons. The molecule has 4 nitrogen and oxygen atoms in total. The standard InChI is InChI=1S/C12H23N.C3H5N3/c1-3-7-11(8-4-1)13-12-9-5-2-6-10-12;1-6-3-2-4-5-6/h11-13H,1-10H2;2-3H,1H3. The number of hydrogen-bond acceptors (Lipinski definition) is 3. The number of nitrogens with zero attached hydrogens (tertiary/aromatic N) is 3. The highest BCUT2D eigenvalue weighted by atomic mass is 15.4. The van der Waals surface area contributed by atoms with Gasteiger partial charge >= 0.3 is 0 Å². The van der Waals surface area contributed by atoms with E-state index in [1.165, 1.54) is 64.2 Å². The van der Waals surface area contributed by atoms with E-state index in [4.69, 9.17) is 0 Å². The van der Waals surface area contributed by atoms with Gasteiger partial charge in [0.2, 0.25) is 0 Å². The SMILES string of the molecule is C1CCC(NC2CCCCC2)CC1.Cn1ccnn1. The van der Waals surface area contributed by atoms with Crippen LogP contribution in [0.15, 0.2) is 12.4 Å². The molecule has 0 aliphatic heterocycles. The maximum Gasteiger partial charge on any atom is 0.0692 e. The van der Waals surface area contributed by atoms with E-state index in [-0.39, 0.29) is 0 Å². The first-order valence-corrected chi connectivity index (χ1v) is 7.91. The molecular weight excluding hydrogens is 236 g/mol. The molecule has 2 aliphatic rings. The Morgan fingerprint density at radius 1 is 0.895 bits per heavy atom. The van der Waals surface area contributed by atoms with Crippen LogP contribution in [0.4, 0.5) is 0 Å². The summed E-state index contributed by atoms with van der Waals surface area (Å²) in [5.41, 5.74) is 0. The van der Waals surface area contributed by atoms with Gasteiger partial charge in [-0.3, -0.25) is 4.68 Å². The second-order valence-corrected chi connectivity index (χ2v) is 5.91. The zero-order valence-electron chi connectivity index (χ0n) is 12.2. The van der Waals surface area contributed by atoms with Crippen LogP contribution in [0.2, 0.25) is 0 Å². The van der Waals surface area contributed by atoms with E-state index in [1.54, 1.807) is 17.1 Å². The first-order valence-electron chi connectivity index (χ1n) is 7.91. The minimum absolute atomic E-state index is 0.872. The molecule has 0 bridgehead atoms. The van der Waals surface area contributed by atoms with E-state index in [2.05, 4.69) is 15.6 Å². The number of nitrogens with one attached hydrogen (secondary N) is 1. The quantitative estimate of drug-likeness (QED) is 0.892. The Hall–Kier alpha value is -0.900. The topological polar surface area (TPSA) is 42.7 Å². The highest BCUT2D eigenvalue weighted by molar-refractivity contribution is 4.79. The van der Waals surface area contributed by atoms with Gasteiger partial charge in [0.1, 0.15) is 0 Å². The lowest BCUT2D eigenvalue weighted by Crippen LogP contribution is -2.40. The van der Waals surface area contributed by atoms with E-state index in [9.17, 15) is 0 Å². The van der Waals surface area contributed by atoms with Gasteiger partial charge < -0.3 is 5.32 Å². The number of aryl methyl sites for hydroxylation is 1. The van der Waals surface area contributed by atoms with Crippen molar-refractivity contribution in [2.75, 3.05) is 0 Å². The van der Waals surface area contributed by atoms with Crippen molar-refractivity contribution in [3.05, 3.63) is 12.4 Å². The first kappa shape index (κ1) is 14.5. The summed E-state index contributed by atoms with van der Waals surface area (Å²) in [7, 11) is 1.83. The van der Waals surface area contributed by atoms with E-state index in [1.807, 2.05) is 7.05 Å². The van der Waals surface area contributed by atoms with Gasteiger partial charge in [-0.15, -0.1) is 5.10 Å². The van der Waals surface area contributed by atoms with Crippen LogP contribution in [-0.4, -0.2) is 27.1 Å². The molecule has 1 heterocycles. The first-order chi connectivity index (χ1) is 9.34. The predicted molar refractivity (Wildman–Crippen MR) is 77.9 cm³/mol. The fraction of sp³-hybridized carbons (Fsp3) is 0.867. The molecule has 0 unspecified atom stereocenters. The highest BCUT2D eigenvalue weighted by Gasteiger charge is 2.19. The van der Waals surface area contributed by atoms with Crippen molar-refractivity contribution >= 4 is 0 Å². The Bertz CT molecular complexity index is 295. The van der Waals surface area contributed by atoms with Crippen LogP contribution in [0.25, 0.3) is 0 Å². The summed E-state index contributed by atoms with van der Waals surface area (Å²) in [4.78, 5) is 0. The molecule has 2 fully saturated rings. The Balaban J connectivity index is 0.000000186. The van der Waals surface area contributed by atoms with Gasteiger partial charge in [-0.2, -0.15) is 0 Å². The monoisotopic (exact) mass is 264 g/mol. The smallest absolute Gasteiger partial charge is 0.0692 e. The van der Waals surface area contributed by atoms with Crippen LogP contribution < -0.4 is 5.32 Å². The third kappa shape index (κ3) is 5.72. The van der Waals surface area contributed by atoms with Gasteiger partial charge in [-0.1, -0.05) is 43.7 Å². The summed E-state index contributed by atoms with van der Waals surface area (Å²) in [5, 5.41) is 11.0. The largest absolute Gasteiger partial charge is 0.311 e. The summed E-state index contributed by atoms with van der Waals surface area (Å²) in [6, 6.07) is 1.74. The fourth-order valence-electron chi connectivity index (χ4n) is 3.14. The minimum Gasteiger partial charge on any atom is -0.311 e. The average molecular weight is 264 g/mol. The molecule has 0 atom stereocenters. The van der Waals surface area contributed by atoms with E-state index in [0.717, 1.165) is 12.1 Å². The van der Waals surface area contributed by atoms with Crippen molar-refractivity contribution in [1.82, 2.24) is 20.3 Å². The van der Waals surface area contributed by atoms with Crippen LogP contribution in [0, 0.1) is 0 Å². The molecule has 0 saturated heterocycles. The van der Waals surface area contributed by atoms with Gasteiger partial charge in [-0.25, -0.2) is 0 Å². The Labute approximate surface area is 117 Å². The van der Waals surface area contributed by atoms with Crippen molar-refractivity contribution in [1.29, 1.82) is 0 Å². The molecule has 0 aromatic carbocycles. The summed E-state index contributed by atoms with van der Waals surface area (Å²) in [5.74, 6) is 0. The van der Waals surface area contributed by atoms with E-state index >= 15 is 0 Å². The van der Waals surface area contributed by atoms with Crippen molar-refractivity contribution in [3.8, 4) is 0 Å². The van der Waals surface area contributed by atoms with Crippen molar-refractivity contribution in [2.45, 2.75) is 76.3 Å². The summed E-state index contributed by atoms with van der Waals surface area (Å²) < 4.78 is 1.64. The number of hydrogen-bond donors (Lipinski definition) is 1. The third-order valence-corrected chi connectivity index (χ3v) is 4.22. The molecule has 2 aliphatic carbocycles. The molecule has 19 heavy (non-hydrogen) atoms. The maximum absolute atomic E-state index is 3.86. The molecule has 1 aromatic heterocycles. The molecular formula is C15H28N4. The van der Waals surface area contributed by atoms with Crippen LogP contribution in [-0.2, 0) is 7.05 Å². The lowest BCUT2D eigenvalue weighted by molar-refractivity contribution is 0.291. The van der Waals surface area contributed by atoms with E-state index < -0.39 is 0 Å². The van der Waals surface area contributed by atoms with Gasteiger partial charge in [0.15, 0.2) is 0 Å². The number of aromatic nitrogens is 3. The van der Waals surface area contributed by atoms with Crippen molar-refractivity contribution < 1.29 is 0 Å². The normalized spacial score (nSPS) is 21.7. The zero-order chi connectivity index (χ0) is 13.3. The number of rotatable bonds is 2. The summed E-state index contributed by atoms with van der Waals surface area (Å²) in [6.45, 7) is 0. The van der Waals surface area contributed by atoms with Crippen LogP contribution in [0.5, 0.6) is 0 Å². The Kier molecular flexibility index (Phi) is 6.34. The molecule has 1 aromatic rings. The molecule has 3 rings (SSSR count). The van der Waals surface area contributed by atoms with Crippen LogP contribution >= 0.6 is 0 Å². The lowest BCUT2D eigenvalue weighted by atomic mass is 9.91. The molecule has 2 saturated carbocycles. The van der Waals surface area contributed by atoms with Crippen LogP contribution in [0.1, 0.15) is 64.2 Å². The molecule has 1 N–H and O–H groups in total. The fourth-order valence-corrected chi connectivity index (χ4v) is 3.14. The molecule has 0 radical (unpaired) electrons. The molecule has 0 spiro atoms. The Morgan fingerprint density at radius 3 is 1.74 bits per heavy atom. The van der Waals surface area contributed by atoms with Gasteiger partial charge in [-0.05, 0) is 25.7 Å². The maximum atomic E-state index is 3.86. The lowest BCUT2D eigenvalue weighted by Gasteiger charge is -2.30. The van der Waals surface area contributed by atoms with Gasteiger partial charge in [0.25, 0.3) is 0 Å². The van der Waals surface area contributed by atoms with E-state index in [0.29, 0.717) is 0 Å². The second-order valence-electron chi connectivity index (χ2n) is 5.91. The zero-order valence-corrected chi connectivity index (χ0v) is 12.2. The predicted octanol–water partition coefficient (Wildman–Crippen LogP) is 3.06. The Morgan fingerprint density at radius 2 is 1.42 bits per heavy atom. The van der Waals surface area contributed by atoms with Crippen LogP contribution in [0.3, 0.4) is 0 Å². The van der Waals surface area contributed by atoms with Gasteiger partial charge in [0, 0.05) is 25.3 Å². The van der Waals surface area contributed by atoms with Crippen molar-refractivity contribution in [3.63, 3.8) is 0 Å². The van der Waals surface area contributed by atoms with Crippen molar-refractivity contribution in [2.24, 2.45) is 7.05 Å². The third-order valence-electron chi connectivity index (χ3n) is 4.22. The van der Waals surface area contributed by atoms with Gasteiger partial charge in [0.05, 0.1) is 6.20 Å². The molecule has 4 heteroatoms. The molecule has 0 amide bonds. The minimum atomic E-state index is 0.872. The summed E-state index contributed by atoms with van der Waals surface area (Å²) in [6.07, 6.45) is 18.0. The highest BCUT2D eigenvalue weighted by Crippen LogP contribution is 2.22. The summed E-state index contributed by atoms with van der Waals surface area (Å²) >= 11 is 0.